The molecule has 1 saturated heterocycles. The molecule has 76 valence electrons. The number of piperazine rings is 1. The lowest BCUT2D eigenvalue weighted by Crippen LogP contribution is -2.49. The van der Waals surface area contributed by atoms with Gasteiger partial charge in [-0.25, -0.2) is 0 Å². The van der Waals surface area contributed by atoms with Gasteiger partial charge in [0.2, 0.25) is 0 Å². The fourth-order valence-corrected chi connectivity index (χ4v) is 2.61. The number of nitrogens with zero attached hydrogens (tertiary/aromatic N) is 2. The minimum Gasteiger partial charge on any atom is -0.365 e. The summed E-state index contributed by atoms with van der Waals surface area (Å²) in [5, 5.41) is 12.3. The molecular formula is C12H13N3. The maximum atomic E-state index is 8.85. The van der Waals surface area contributed by atoms with E-state index >= 15 is 0 Å². The molecule has 0 bridgehead atoms. The summed E-state index contributed by atoms with van der Waals surface area (Å²) in [5.41, 5.74) is 3.45. The Kier molecular flexibility index (Phi) is 1.90. The third kappa shape index (κ3) is 1.30. The second-order valence-corrected chi connectivity index (χ2v) is 4.21. The predicted octanol–water partition coefficient (Wildman–Crippen LogP) is 0.893. The van der Waals surface area contributed by atoms with E-state index in [1.807, 2.05) is 12.1 Å². The standard InChI is InChI=1S/C12H13N3/c13-7-9-1-2-12-10(5-9)6-11-8-14-3-4-15(11)12/h1-2,5,11,14H,3-4,6,8H2. The third-order valence-electron chi connectivity index (χ3n) is 3.32. The van der Waals surface area contributed by atoms with Crippen LogP contribution < -0.4 is 10.2 Å². The van der Waals surface area contributed by atoms with Gasteiger partial charge in [-0.1, -0.05) is 0 Å². The average Bonchev–Trinajstić information content (AvgIpc) is 2.66. The molecule has 2 heterocycles. The molecule has 0 amide bonds. The van der Waals surface area contributed by atoms with Crippen molar-refractivity contribution < 1.29 is 0 Å². The van der Waals surface area contributed by atoms with Gasteiger partial charge in [0.05, 0.1) is 11.6 Å². The molecule has 2 aliphatic rings. The van der Waals surface area contributed by atoms with Crippen LogP contribution in [0.2, 0.25) is 0 Å². The summed E-state index contributed by atoms with van der Waals surface area (Å²) in [7, 11) is 0. The molecule has 15 heavy (non-hydrogen) atoms. The summed E-state index contributed by atoms with van der Waals surface area (Å²) in [6.45, 7) is 3.22. The molecular weight excluding hydrogens is 186 g/mol. The maximum Gasteiger partial charge on any atom is 0.0991 e. The number of hydrogen-bond donors (Lipinski definition) is 1. The van der Waals surface area contributed by atoms with Gasteiger partial charge in [0.25, 0.3) is 0 Å². The molecule has 2 aliphatic heterocycles. The van der Waals surface area contributed by atoms with Gasteiger partial charge in [-0.15, -0.1) is 0 Å². The Hall–Kier alpha value is -1.53. The van der Waals surface area contributed by atoms with E-state index < -0.39 is 0 Å². The zero-order valence-electron chi connectivity index (χ0n) is 8.53. The molecule has 1 atom stereocenters. The van der Waals surface area contributed by atoms with Crippen molar-refractivity contribution in [2.24, 2.45) is 0 Å². The normalized spacial score (nSPS) is 23.1. The second kappa shape index (κ2) is 3.25. The Labute approximate surface area is 89.3 Å². The van der Waals surface area contributed by atoms with Crippen LogP contribution in [0.4, 0.5) is 5.69 Å². The molecule has 0 spiro atoms. The first-order valence-corrected chi connectivity index (χ1v) is 5.39. The van der Waals surface area contributed by atoms with Crippen LogP contribution in [0.25, 0.3) is 0 Å². The van der Waals surface area contributed by atoms with E-state index in [1.54, 1.807) is 0 Å². The summed E-state index contributed by atoms with van der Waals surface area (Å²) < 4.78 is 0. The lowest BCUT2D eigenvalue weighted by atomic mass is 10.1. The van der Waals surface area contributed by atoms with Crippen molar-refractivity contribution in [2.45, 2.75) is 12.5 Å². The molecule has 0 saturated carbocycles. The van der Waals surface area contributed by atoms with E-state index in [-0.39, 0.29) is 0 Å². The number of hydrogen-bond acceptors (Lipinski definition) is 3. The van der Waals surface area contributed by atoms with Crippen molar-refractivity contribution in [3.63, 3.8) is 0 Å². The van der Waals surface area contributed by atoms with Crippen molar-refractivity contribution in [3.8, 4) is 6.07 Å². The van der Waals surface area contributed by atoms with Crippen LogP contribution in [0.15, 0.2) is 18.2 Å². The van der Waals surface area contributed by atoms with Gasteiger partial charge < -0.3 is 10.2 Å². The number of benzene rings is 1. The summed E-state index contributed by atoms with van der Waals surface area (Å²) in [6.07, 6.45) is 1.08. The quantitative estimate of drug-likeness (QED) is 0.674. The van der Waals surface area contributed by atoms with Crippen LogP contribution in [0.5, 0.6) is 0 Å². The monoisotopic (exact) mass is 199 g/mol. The zero-order chi connectivity index (χ0) is 10.3. The first-order valence-electron chi connectivity index (χ1n) is 5.39. The molecule has 0 radical (unpaired) electrons. The van der Waals surface area contributed by atoms with Gasteiger partial charge in [-0.05, 0) is 30.2 Å². The van der Waals surface area contributed by atoms with Gasteiger partial charge in [0.15, 0.2) is 0 Å². The fourth-order valence-electron chi connectivity index (χ4n) is 2.61. The number of fused-ring (bicyclic) bond motifs is 3. The Bertz CT molecular complexity index is 433. The summed E-state index contributed by atoms with van der Waals surface area (Å²) in [4.78, 5) is 2.47. The first-order chi connectivity index (χ1) is 7.38. The molecule has 1 aromatic rings. The average molecular weight is 199 g/mol. The van der Waals surface area contributed by atoms with Crippen LogP contribution in [0.1, 0.15) is 11.1 Å². The molecule has 3 nitrogen and oxygen atoms in total. The number of anilines is 1. The molecule has 0 aliphatic carbocycles. The predicted molar refractivity (Wildman–Crippen MR) is 58.9 cm³/mol. The smallest absolute Gasteiger partial charge is 0.0991 e. The minimum absolute atomic E-state index is 0.600. The highest BCUT2D eigenvalue weighted by Gasteiger charge is 2.30. The second-order valence-electron chi connectivity index (χ2n) is 4.21. The molecule has 0 aromatic heterocycles. The van der Waals surface area contributed by atoms with Crippen LogP contribution >= 0.6 is 0 Å². The van der Waals surface area contributed by atoms with E-state index in [0.717, 1.165) is 31.6 Å². The van der Waals surface area contributed by atoms with Crippen LogP contribution in [0, 0.1) is 11.3 Å². The zero-order valence-corrected chi connectivity index (χ0v) is 8.53. The lowest BCUT2D eigenvalue weighted by Gasteiger charge is -2.32. The Morgan fingerprint density at radius 2 is 2.40 bits per heavy atom. The third-order valence-corrected chi connectivity index (χ3v) is 3.32. The van der Waals surface area contributed by atoms with Gasteiger partial charge in [0, 0.05) is 31.4 Å². The van der Waals surface area contributed by atoms with E-state index in [9.17, 15) is 0 Å². The topological polar surface area (TPSA) is 39.1 Å². The van der Waals surface area contributed by atoms with Crippen molar-refractivity contribution in [1.29, 1.82) is 5.26 Å². The van der Waals surface area contributed by atoms with Gasteiger partial charge >= 0.3 is 0 Å². The highest BCUT2D eigenvalue weighted by atomic mass is 15.2. The van der Waals surface area contributed by atoms with Crippen LogP contribution in [-0.2, 0) is 6.42 Å². The molecule has 1 unspecified atom stereocenters. The van der Waals surface area contributed by atoms with E-state index in [4.69, 9.17) is 5.26 Å². The Balaban J connectivity index is 2.01. The lowest BCUT2D eigenvalue weighted by molar-refractivity contribution is 0.495. The highest BCUT2D eigenvalue weighted by molar-refractivity contribution is 5.62. The van der Waals surface area contributed by atoms with Crippen LogP contribution in [-0.4, -0.2) is 25.7 Å². The maximum absolute atomic E-state index is 8.85. The number of rotatable bonds is 0. The highest BCUT2D eigenvalue weighted by Crippen LogP contribution is 2.33. The fraction of sp³-hybridized carbons (Fsp3) is 0.417. The molecule has 3 heteroatoms. The molecule has 1 fully saturated rings. The van der Waals surface area contributed by atoms with Gasteiger partial charge in [-0.3, -0.25) is 0 Å². The summed E-state index contributed by atoms with van der Waals surface area (Å²) >= 11 is 0. The first kappa shape index (κ1) is 8.75. The van der Waals surface area contributed by atoms with Crippen LogP contribution in [0.3, 0.4) is 0 Å². The van der Waals surface area contributed by atoms with Gasteiger partial charge in [-0.2, -0.15) is 5.26 Å². The minimum atomic E-state index is 0.600. The van der Waals surface area contributed by atoms with E-state index in [2.05, 4.69) is 22.4 Å². The Morgan fingerprint density at radius 3 is 3.27 bits per heavy atom. The van der Waals surface area contributed by atoms with Crippen molar-refractivity contribution in [1.82, 2.24) is 5.32 Å². The van der Waals surface area contributed by atoms with Crippen molar-refractivity contribution in [3.05, 3.63) is 29.3 Å². The van der Waals surface area contributed by atoms with Crippen molar-refractivity contribution in [2.75, 3.05) is 24.5 Å². The number of nitrogens with one attached hydrogen (secondary N) is 1. The van der Waals surface area contributed by atoms with Crippen molar-refractivity contribution >= 4 is 5.69 Å². The molecule has 3 rings (SSSR count). The van der Waals surface area contributed by atoms with Gasteiger partial charge in [0.1, 0.15) is 0 Å². The Morgan fingerprint density at radius 1 is 1.47 bits per heavy atom. The molecule has 1 N–H and O–H groups in total. The molecule has 1 aromatic carbocycles. The summed E-state index contributed by atoms with van der Waals surface area (Å²) in [6, 6.07) is 8.86. The largest absolute Gasteiger partial charge is 0.365 e. The number of nitriles is 1. The van der Waals surface area contributed by atoms with E-state index in [0.29, 0.717) is 6.04 Å². The SMILES string of the molecule is N#Cc1ccc2c(c1)CC1CNCCN21. The van der Waals surface area contributed by atoms with E-state index in [1.165, 1.54) is 11.3 Å². The summed E-state index contributed by atoms with van der Waals surface area (Å²) in [5.74, 6) is 0.